The van der Waals surface area contributed by atoms with Gasteiger partial charge >= 0.3 is 0 Å². The molecule has 0 saturated carbocycles. The van der Waals surface area contributed by atoms with Gasteiger partial charge in [0.2, 0.25) is 5.91 Å². The fourth-order valence-corrected chi connectivity index (χ4v) is 2.66. The van der Waals surface area contributed by atoms with Crippen molar-refractivity contribution in [1.29, 1.82) is 0 Å². The van der Waals surface area contributed by atoms with Crippen LogP contribution in [0.2, 0.25) is 0 Å². The number of ether oxygens (including phenoxy) is 1. The summed E-state index contributed by atoms with van der Waals surface area (Å²) in [4.78, 5) is 12.4. The number of aromatic amines is 1. The molecule has 18 heavy (non-hydrogen) atoms. The van der Waals surface area contributed by atoms with Crippen molar-refractivity contribution < 1.29 is 9.53 Å². The van der Waals surface area contributed by atoms with E-state index in [1.807, 2.05) is 27.7 Å². The van der Waals surface area contributed by atoms with Crippen LogP contribution >= 0.6 is 0 Å². The molecule has 1 aliphatic rings. The summed E-state index contributed by atoms with van der Waals surface area (Å²) >= 11 is 0. The van der Waals surface area contributed by atoms with Gasteiger partial charge in [-0.15, -0.1) is 0 Å². The van der Waals surface area contributed by atoms with Crippen LogP contribution in [0.25, 0.3) is 0 Å². The molecule has 4 atom stereocenters. The lowest BCUT2D eigenvalue weighted by Crippen LogP contribution is -2.32. The highest BCUT2D eigenvalue weighted by Gasteiger charge is 2.41. The Balaban J connectivity index is 2.13. The first-order valence-electron chi connectivity index (χ1n) is 6.39. The summed E-state index contributed by atoms with van der Waals surface area (Å²) in [7, 11) is 0. The molecule has 4 unspecified atom stereocenters. The monoisotopic (exact) mass is 251 g/mol. The summed E-state index contributed by atoms with van der Waals surface area (Å²) in [6, 6.07) is 0. The molecule has 1 fully saturated rings. The normalized spacial score (nSPS) is 31.6. The predicted molar refractivity (Wildman–Crippen MR) is 69.4 cm³/mol. The van der Waals surface area contributed by atoms with Crippen molar-refractivity contribution in [1.82, 2.24) is 10.2 Å². The van der Waals surface area contributed by atoms with Gasteiger partial charge in [0, 0.05) is 0 Å². The Kier molecular flexibility index (Phi) is 3.43. The van der Waals surface area contributed by atoms with E-state index in [1.54, 1.807) is 0 Å². The van der Waals surface area contributed by atoms with Crippen LogP contribution in [0.4, 0.5) is 5.69 Å². The van der Waals surface area contributed by atoms with Gasteiger partial charge in [-0.25, -0.2) is 0 Å². The molecule has 1 amide bonds. The van der Waals surface area contributed by atoms with Gasteiger partial charge in [0.15, 0.2) is 0 Å². The number of nitrogens with one attached hydrogen (secondary N) is 2. The van der Waals surface area contributed by atoms with Crippen LogP contribution in [0.3, 0.4) is 0 Å². The maximum atomic E-state index is 12.4. The standard InChI is InChI=1S/C13H21N3O2/c1-6-9(4)18-10(5)11(6)13(17)14-12-7(2)15-16-8(12)3/h6,9-11H,1-5H3,(H,14,17)(H,15,16). The molecule has 0 spiro atoms. The van der Waals surface area contributed by atoms with E-state index in [0.29, 0.717) is 0 Å². The van der Waals surface area contributed by atoms with E-state index in [0.717, 1.165) is 17.1 Å². The van der Waals surface area contributed by atoms with E-state index < -0.39 is 0 Å². The largest absolute Gasteiger partial charge is 0.374 e. The van der Waals surface area contributed by atoms with Gasteiger partial charge in [0.05, 0.1) is 35.2 Å². The Labute approximate surface area is 107 Å². The zero-order chi connectivity index (χ0) is 13.4. The maximum Gasteiger partial charge on any atom is 0.230 e. The van der Waals surface area contributed by atoms with Crippen molar-refractivity contribution in [3.8, 4) is 0 Å². The second kappa shape index (κ2) is 4.72. The molecule has 1 aromatic rings. The van der Waals surface area contributed by atoms with Crippen LogP contribution in [0.15, 0.2) is 0 Å². The molecule has 1 aromatic heterocycles. The lowest BCUT2D eigenvalue weighted by atomic mass is 9.89. The molecule has 0 aliphatic carbocycles. The zero-order valence-electron chi connectivity index (χ0n) is 11.6. The van der Waals surface area contributed by atoms with Gasteiger partial charge < -0.3 is 10.1 Å². The first-order chi connectivity index (χ1) is 8.41. The minimum absolute atomic E-state index is 0.0203. The molecular formula is C13H21N3O2. The van der Waals surface area contributed by atoms with E-state index in [-0.39, 0.29) is 30.0 Å². The number of carbonyl (C=O) groups excluding carboxylic acids is 1. The van der Waals surface area contributed by atoms with Gasteiger partial charge in [-0.2, -0.15) is 5.10 Å². The Morgan fingerprint density at radius 1 is 1.28 bits per heavy atom. The van der Waals surface area contributed by atoms with Crippen LogP contribution in [-0.2, 0) is 9.53 Å². The molecule has 1 saturated heterocycles. The SMILES string of the molecule is Cc1n[nH]c(C)c1NC(=O)C1C(C)OC(C)C1C. The van der Waals surface area contributed by atoms with E-state index in [2.05, 4.69) is 22.4 Å². The number of carbonyl (C=O) groups is 1. The van der Waals surface area contributed by atoms with Gasteiger partial charge in [0.25, 0.3) is 0 Å². The number of aromatic nitrogens is 2. The van der Waals surface area contributed by atoms with Crippen molar-refractivity contribution in [3.05, 3.63) is 11.4 Å². The third kappa shape index (κ3) is 2.14. The zero-order valence-corrected chi connectivity index (χ0v) is 11.6. The van der Waals surface area contributed by atoms with E-state index in [9.17, 15) is 4.79 Å². The minimum atomic E-state index is -0.103. The molecule has 5 nitrogen and oxygen atoms in total. The summed E-state index contributed by atoms with van der Waals surface area (Å²) < 4.78 is 5.70. The van der Waals surface area contributed by atoms with Gasteiger partial charge in [-0.05, 0) is 33.6 Å². The van der Waals surface area contributed by atoms with Crippen LogP contribution in [0.5, 0.6) is 0 Å². The molecule has 0 aromatic carbocycles. The lowest BCUT2D eigenvalue weighted by Gasteiger charge is -2.18. The molecule has 0 bridgehead atoms. The number of H-pyrrole nitrogens is 1. The van der Waals surface area contributed by atoms with Crippen molar-refractivity contribution in [2.24, 2.45) is 11.8 Å². The summed E-state index contributed by atoms with van der Waals surface area (Å²) in [5.74, 6) is 0.146. The molecule has 2 N–H and O–H groups in total. The first-order valence-corrected chi connectivity index (χ1v) is 6.39. The Bertz CT molecular complexity index is 436. The maximum absolute atomic E-state index is 12.4. The fourth-order valence-electron chi connectivity index (χ4n) is 2.66. The van der Waals surface area contributed by atoms with Crippen molar-refractivity contribution in [3.63, 3.8) is 0 Å². The molecular weight excluding hydrogens is 230 g/mol. The quantitative estimate of drug-likeness (QED) is 0.845. The number of rotatable bonds is 2. The molecule has 0 radical (unpaired) electrons. The van der Waals surface area contributed by atoms with E-state index >= 15 is 0 Å². The third-order valence-corrected chi connectivity index (χ3v) is 3.92. The molecule has 1 aliphatic heterocycles. The van der Waals surface area contributed by atoms with Crippen LogP contribution < -0.4 is 5.32 Å². The summed E-state index contributed by atoms with van der Waals surface area (Å²) in [6.45, 7) is 9.81. The third-order valence-electron chi connectivity index (χ3n) is 3.92. The number of nitrogens with zero attached hydrogens (tertiary/aromatic N) is 1. The lowest BCUT2D eigenvalue weighted by molar-refractivity contribution is -0.121. The highest BCUT2D eigenvalue weighted by Crippen LogP contribution is 2.33. The van der Waals surface area contributed by atoms with Crippen LogP contribution in [0, 0.1) is 25.7 Å². The second-order valence-corrected chi connectivity index (χ2v) is 5.23. The summed E-state index contributed by atoms with van der Waals surface area (Å²) in [6.07, 6.45) is 0.0878. The van der Waals surface area contributed by atoms with Gasteiger partial charge in [-0.1, -0.05) is 6.92 Å². The summed E-state index contributed by atoms with van der Waals surface area (Å²) in [5.41, 5.74) is 2.49. The number of aryl methyl sites for hydroxylation is 2. The Hall–Kier alpha value is -1.36. The minimum Gasteiger partial charge on any atom is -0.374 e. The number of hydrogen-bond acceptors (Lipinski definition) is 3. The molecule has 2 rings (SSSR count). The number of hydrogen-bond donors (Lipinski definition) is 2. The molecule has 2 heterocycles. The van der Waals surface area contributed by atoms with Crippen LogP contribution in [-0.4, -0.2) is 28.3 Å². The number of amides is 1. The van der Waals surface area contributed by atoms with Gasteiger partial charge in [0.1, 0.15) is 0 Å². The second-order valence-electron chi connectivity index (χ2n) is 5.23. The topological polar surface area (TPSA) is 67.0 Å². The van der Waals surface area contributed by atoms with E-state index in [1.165, 1.54) is 0 Å². The van der Waals surface area contributed by atoms with Crippen molar-refractivity contribution in [2.75, 3.05) is 5.32 Å². The van der Waals surface area contributed by atoms with Crippen molar-refractivity contribution in [2.45, 2.75) is 46.8 Å². The van der Waals surface area contributed by atoms with Crippen molar-refractivity contribution >= 4 is 11.6 Å². The Morgan fingerprint density at radius 3 is 2.39 bits per heavy atom. The molecule has 100 valence electrons. The molecule has 5 heteroatoms. The smallest absolute Gasteiger partial charge is 0.230 e. The van der Waals surface area contributed by atoms with Gasteiger partial charge in [-0.3, -0.25) is 9.89 Å². The number of anilines is 1. The van der Waals surface area contributed by atoms with E-state index in [4.69, 9.17) is 4.74 Å². The first kappa shape index (κ1) is 13.1. The average molecular weight is 251 g/mol. The highest BCUT2D eigenvalue weighted by molar-refractivity contribution is 5.94. The van der Waals surface area contributed by atoms with Crippen LogP contribution in [0.1, 0.15) is 32.2 Å². The summed E-state index contributed by atoms with van der Waals surface area (Å²) in [5, 5.41) is 9.92. The highest BCUT2D eigenvalue weighted by atomic mass is 16.5. The Morgan fingerprint density at radius 2 is 1.94 bits per heavy atom. The fraction of sp³-hybridized carbons (Fsp3) is 0.692. The predicted octanol–water partition coefficient (Wildman–Crippen LogP) is 2.02. The average Bonchev–Trinajstić information content (AvgIpc) is 2.73.